The summed E-state index contributed by atoms with van der Waals surface area (Å²) in [5, 5.41) is 3.69. The van der Waals surface area contributed by atoms with Crippen molar-refractivity contribution < 1.29 is 13.2 Å². The third kappa shape index (κ3) is 5.17. The molecule has 0 atom stereocenters. The second-order valence-electron chi connectivity index (χ2n) is 6.85. The zero-order chi connectivity index (χ0) is 23.3. The lowest BCUT2D eigenvalue weighted by molar-refractivity contribution is -0.113. The van der Waals surface area contributed by atoms with E-state index in [0.717, 1.165) is 11.0 Å². The van der Waals surface area contributed by atoms with Crippen molar-refractivity contribution in [3.05, 3.63) is 60.1 Å². The van der Waals surface area contributed by atoms with Crippen molar-refractivity contribution in [2.24, 2.45) is 0 Å². The number of fused-ring (bicyclic) bond motifs is 1. The molecule has 1 N–H and O–H groups in total. The molecule has 1 aromatic heterocycles. The molecule has 0 bridgehead atoms. The van der Waals surface area contributed by atoms with E-state index in [0.29, 0.717) is 24.8 Å². The number of carbonyl (C=O) groups is 1. The summed E-state index contributed by atoms with van der Waals surface area (Å²) in [5.41, 5.74) is 2.06. The summed E-state index contributed by atoms with van der Waals surface area (Å²) < 4.78 is 28.9. The number of benzene rings is 2. The number of anilines is 1. The van der Waals surface area contributed by atoms with Gasteiger partial charge >= 0.3 is 0 Å². The van der Waals surface area contributed by atoms with E-state index < -0.39 is 10.0 Å². The quantitative estimate of drug-likeness (QED) is 0.329. The SMILES string of the molecule is C=CCn1c(SCC(=O)Nc2cc(S(=O)(=O)N(CC)CC)ccc2Cl)nc2ccccc21. The number of para-hydroxylation sites is 2. The number of hydrogen-bond acceptors (Lipinski definition) is 5. The van der Waals surface area contributed by atoms with E-state index in [1.165, 1.54) is 34.3 Å². The molecular weight excluding hydrogens is 468 g/mol. The molecule has 1 heterocycles. The van der Waals surface area contributed by atoms with Gasteiger partial charge in [-0.15, -0.1) is 6.58 Å². The number of nitrogens with zero attached hydrogens (tertiary/aromatic N) is 3. The van der Waals surface area contributed by atoms with Gasteiger partial charge in [0.15, 0.2) is 5.16 Å². The number of nitrogens with one attached hydrogen (secondary N) is 1. The van der Waals surface area contributed by atoms with Crippen LogP contribution in [-0.4, -0.2) is 47.0 Å². The number of hydrogen-bond donors (Lipinski definition) is 1. The minimum atomic E-state index is -3.66. The molecule has 0 radical (unpaired) electrons. The lowest BCUT2D eigenvalue weighted by atomic mass is 10.3. The fraction of sp³-hybridized carbons (Fsp3) is 0.273. The number of allylic oxidation sites excluding steroid dienone is 1. The highest BCUT2D eigenvalue weighted by molar-refractivity contribution is 7.99. The first kappa shape index (κ1) is 24.3. The fourth-order valence-electron chi connectivity index (χ4n) is 3.26. The normalized spacial score (nSPS) is 11.8. The highest BCUT2D eigenvalue weighted by atomic mass is 35.5. The molecule has 32 heavy (non-hydrogen) atoms. The van der Waals surface area contributed by atoms with Crippen molar-refractivity contribution in [3.63, 3.8) is 0 Å². The van der Waals surface area contributed by atoms with Gasteiger partial charge in [-0.2, -0.15) is 4.31 Å². The van der Waals surface area contributed by atoms with Crippen LogP contribution < -0.4 is 5.32 Å². The predicted octanol–water partition coefficient (Wildman–Crippen LogP) is 4.64. The zero-order valence-electron chi connectivity index (χ0n) is 17.9. The Morgan fingerprint density at radius 3 is 2.66 bits per heavy atom. The second kappa shape index (κ2) is 10.5. The number of carbonyl (C=O) groups excluding carboxylic acids is 1. The maximum atomic E-state index is 12.8. The average molecular weight is 493 g/mol. The first-order chi connectivity index (χ1) is 15.3. The Morgan fingerprint density at radius 2 is 1.97 bits per heavy atom. The van der Waals surface area contributed by atoms with Crippen LogP contribution in [0.15, 0.2) is 65.2 Å². The highest BCUT2D eigenvalue weighted by Gasteiger charge is 2.23. The van der Waals surface area contributed by atoms with Gasteiger partial charge in [0.05, 0.1) is 32.4 Å². The molecule has 0 fully saturated rings. The van der Waals surface area contributed by atoms with Crippen LogP contribution in [0.5, 0.6) is 0 Å². The molecule has 1 amide bonds. The molecule has 0 aliphatic carbocycles. The van der Waals surface area contributed by atoms with E-state index in [4.69, 9.17) is 11.6 Å². The summed E-state index contributed by atoms with van der Waals surface area (Å²) in [6.07, 6.45) is 1.78. The average Bonchev–Trinajstić information content (AvgIpc) is 3.12. The topological polar surface area (TPSA) is 84.3 Å². The van der Waals surface area contributed by atoms with Crippen molar-refractivity contribution in [3.8, 4) is 0 Å². The maximum absolute atomic E-state index is 12.8. The van der Waals surface area contributed by atoms with E-state index in [-0.39, 0.29) is 27.3 Å². The number of thioether (sulfide) groups is 1. The van der Waals surface area contributed by atoms with Crippen molar-refractivity contribution >= 4 is 56.0 Å². The van der Waals surface area contributed by atoms with E-state index in [1.54, 1.807) is 19.9 Å². The Balaban J connectivity index is 1.77. The minimum absolute atomic E-state index is 0.0846. The Labute approximate surface area is 197 Å². The molecule has 3 rings (SSSR count). The van der Waals surface area contributed by atoms with Crippen LogP contribution in [0.4, 0.5) is 5.69 Å². The number of imidazole rings is 1. The van der Waals surface area contributed by atoms with Crippen LogP contribution in [0.25, 0.3) is 11.0 Å². The van der Waals surface area contributed by atoms with Crippen LogP contribution in [0, 0.1) is 0 Å². The van der Waals surface area contributed by atoms with Crippen molar-refractivity contribution in [1.29, 1.82) is 0 Å². The molecule has 0 spiro atoms. The van der Waals surface area contributed by atoms with Crippen LogP contribution in [0.3, 0.4) is 0 Å². The van der Waals surface area contributed by atoms with Gasteiger partial charge in [0, 0.05) is 19.6 Å². The standard InChI is InChI=1S/C22H25ClN4O3S2/c1-4-13-27-20-10-8-7-9-18(20)25-22(27)31-15-21(28)24-19-14-16(11-12-17(19)23)32(29,30)26(5-2)6-3/h4,7-12,14H,1,5-6,13,15H2,2-3H3,(H,24,28). The smallest absolute Gasteiger partial charge is 0.243 e. The van der Waals surface area contributed by atoms with Crippen LogP contribution in [0.1, 0.15) is 13.8 Å². The van der Waals surface area contributed by atoms with Gasteiger partial charge in [-0.05, 0) is 30.3 Å². The monoisotopic (exact) mass is 492 g/mol. The van der Waals surface area contributed by atoms with Gasteiger partial charge in [0.25, 0.3) is 0 Å². The molecule has 2 aromatic carbocycles. The number of rotatable bonds is 10. The van der Waals surface area contributed by atoms with E-state index in [1.807, 2.05) is 28.8 Å². The molecule has 0 aliphatic heterocycles. The number of amides is 1. The number of sulfonamides is 1. The first-order valence-corrected chi connectivity index (χ1v) is 12.9. The fourth-order valence-corrected chi connectivity index (χ4v) is 5.73. The van der Waals surface area contributed by atoms with Gasteiger partial charge in [0.2, 0.25) is 15.9 Å². The van der Waals surface area contributed by atoms with E-state index in [9.17, 15) is 13.2 Å². The summed E-state index contributed by atoms with van der Waals surface area (Å²) in [6, 6.07) is 12.0. The second-order valence-corrected chi connectivity index (χ2v) is 10.1. The first-order valence-electron chi connectivity index (χ1n) is 10.1. The van der Waals surface area contributed by atoms with Gasteiger partial charge in [-0.25, -0.2) is 13.4 Å². The summed E-state index contributed by atoms with van der Waals surface area (Å²) in [6.45, 7) is 8.62. The van der Waals surface area contributed by atoms with Crippen molar-refractivity contribution in [2.45, 2.75) is 30.4 Å². The molecule has 3 aromatic rings. The number of halogens is 1. The molecule has 0 aliphatic rings. The third-order valence-electron chi connectivity index (χ3n) is 4.82. The Kier molecular flexibility index (Phi) is 8.00. The van der Waals surface area contributed by atoms with Crippen LogP contribution in [0.2, 0.25) is 5.02 Å². The van der Waals surface area contributed by atoms with Crippen LogP contribution >= 0.6 is 23.4 Å². The molecule has 0 saturated carbocycles. The van der Waals surface area contributed by atoms with Crippen molar-refractivity contribution in [1.82, 2.24) is 13.9 Å². The maximum Gasteiger partial charge on any atom is 0.243 e. The molecule has 0 unspecified atom stereocenters. The Hall–Kier alpha value is -2.33. The largest absolute Gasteiger partial charge is 0.324 e. The summed E-state index contributed by atoms with van der Waals surface area (Å²) in [4.78, 5) is 17.3. The van der Waals surface area contributed by atoms with Gasteiger partial charge < -0.3 is 9.88 Å². The van der Waals surface area contributed by atoms with E-state index in [2.05, 4.69) is 16.9 Å². The third-order valence-corrected chi connectivity index (χ3v) is 8.17. The summed E-state index contributed by atoms with van der Waals surface area (Å²) >= 11 is 7.51. The van der Waals surface area contributed by atoms with E-state index >= 15 is 0 Å². The van der Waals surface area contributed by atoms with Gasteiger partial charge in [-0.1, -0.05) is 55.4 Å². The lowest BCUT2D eigenvalue weighted by Crippen LogP contribution is -2.30. The summed E-state index contributed by atoms with van der Waals surface area (Å²) in [5.74, 6) is -0.226. The Morgan fingerprint density at radius 1 is 1.25 bits per heavy atom. The van der Waals surface area contributed by atoms with Gasteiger partial charge in [0.1, 0.15) is 0 Å². The molecule has 7 nitrogen and oxygen atoms in total. The highest BCUT2D eigenvalue weighted by Crippen LogP contribution is 2.28. The molecule has 10 heteroatoms. The Bertz CT molecular complexity index is 1240. The van der Waals surface area contributed by atoms with Crippen LogP contribution in [-0.2, 0) is 21.4 Å². The molecule has 0 saturated heterocycles. The molecule has 170 valence electrons. The zero-order valence-corrected chi connectivity index (χ0v) is 20.3. The molecular formula is C22H25ClN4O3S2. The predicted molar refractivity (Wildman–Crippen MR) is 131 cm³/mol. The summed E-state index contributed by atoms with van der Waals surface area (Å²) in [7, 11) is -3.66. The van der Waals surface area contributed by atoms with Gasteiger partial charge in [-0.3, -0.25) is 4.79 Å². The minimum Gasteiger partial charge on any atom is -0.324 e. The van der Waals surface area contributed by atoms with Crippen molar-refractivity contribution in [2.75, 3.05) is 24.2 Å². The lowest BCUT2D eigenvalue weighted by Gasteiger charge is -2.19. The number of aromatic nitrogens is 2.